The fourth-order valence-electron chi connectivity index (χ4n) is 7.13. The highest BCUT2D eigenvalue weighted by molar-refractivity contribution is 5.96. The van der Waals surface area contributed by atoms with Crippen LogP contribution in [0.5, 0.6) is 0 Å². The molecule has 4 bridgehead atoms. The zero-order valence-corrected chi connectivity index (χ0v) is 18.6. The highest BCUT2D eigenvalue weighted by Crippen LogP contribution is 2.60. The Balaban J connectivity index is 1.19. The first-order valence-corrected chi connectivity index (χ1v) is 12.0. The predicted molar refractivity (Wildman–Crippen MR) is 121 cm³/mol. The van der Waals surface area contributed by atoms with Gasteiger partial charge in [0, 0.05) is 17.7 Å². The molecule has 0 atom stereocenters. The number of fused-ring (bicyclic) bond motifs is 1. The molecule has 0 unspecified atom stereocenters. The summed E-state index contributed by atoms with van der Waals surface area (Å²) in [5, 5.41) is 12.2. The molecule has 2 aromatic rings. The minimum atomic E-state index is -0.223. The fraction of sp³-hybridized carbons (Fsp3) is 0.500. The lowest BCUT2D eigenvalue weighted by molar-refractivity contribution is -0.140. The van der Waals surface area contributed by atoms with Gasteiger partial charge in [-0.25, -0.2) is 9.97 Å². The Morgan fingerprint density at radius 3 is 2.33 bits per heavy atom. The number of carbonyl (C=O) groups excluding carboxylic acids is 2. The standard InChI is InChI=1S/C26H27N5O2/c27-13-16-1-3-20(4-2-16)24(32)31-6-5-21-22(14-31)28-15-29-23(21)30-25(33)26-10-17-7-18(11-26)9-19(8-17)12-26/h1-4,15,17-19H,5-12,14H2,(H,28,29,30,33). The van der Waals surface area contributed by atoms with Gasteiger partial charge >= 0.3 is 0 Å². The Bertz CT molecular complexity index is 1130. The van der Waals surface area contributed by atoms with Gasteiger partial charge in [-0.15, -0.1) is 0 Å². The number of nitrogens with zero attached hydrogens (tertiary/aromatic N) is 4. The van der Waals surface area contributed by atoms with Crippen molar-refractivity contribution < 1.29 is 9.59 Å². The zero-order chi connectivity index (χ0) is 22.6. The van der Waals surface area contributed by atoms with E-state index in [9.17, 15) is 9.59 Å². The minimum absolute atomic E-state index is 0.0806. The molecule has 5 aliphatic rings. The Labute approximate surface area is 193 Å². The number of hydrogen-bond donors (Lipinski definition) is 1. The number of benzene rings is 1. The van der Waals surface area contributed by atoms with Crippen molar-refractivity contribution in [2.24, 2.45) is 23.2 Å². The van der Waals surface area contributed by atoms with Crippen LogP contribution in [-0.4, -0.2) is 33.2 Å². The van der Waals surface area contributed by atoms with E-state index in [-0.39, 0.29) is 17.2 Å². The molecule has 33 heavy (non-hydrogen) atoms. The molecule has 4 saturated carbocycles. The molecule has 0 saturated heterocycles. The molecule has 2 heterocycles. The van der Waals surface area contributed by atoms with Crippen molar-refractivity contribution in [3.63, 3.8) is 0 Å². The van der Waals surface area contributed by atoms with Crippen molar-refractivity contribution in [2.45, 2.75) is 51.5 Å². The van der Waals surface area contributed by atoms with Crippen LogP contribution in [0.1, 0.15) is 65.7 Å². The normalized spacial score (nSPS) is 29.3. The molecule has 4 fully saturated rings. The molecule has 1 aliphatic heterocycles. The van der Waals surface area contributed by atoms with E-state index in [2.05, 4.69) is 21.4 Å². The molecule has 2 amide bonds. The lowest BCUT2D eigenvalue weighted by atomic mass is 9.49. The number of anilines is 1. The fourth-order valence-corrected chi connectivity index (χ4v) is 7.13. The van der Waals surface area contributed by atoms with Gasteiger partial charge in [-0.05, 0) is 87.0 Å². The largest absolute Gasteiger partial charge is 0.332 e. The van der Waals surface area contributed by atoms with Gasteiger partial charge in [-0.2, -0.15) is 5.26 Å². The van der Waals surface area contributed by atoms with Crippen molar-refractivity contribution in [3.8, 4) is 6.07 Å². The molecule has 168 valence electrons. The SMILES string of the molecule is N#Cc1ccc(C(=O)N2CCc3c(ncnc3NC(=O)C34CC5CC(CC(C5)C3)C4)C2)cc1. The summed E-state index contributed by atoms with van der Waals surface area (Å²) in [6, 6.07) is 8.76. The average Bonchev–Trinajstić information content (AvgIpc) is 2.82. The van der Waals surface area contributed by atoms with Crippen molar-refractivity contribution in [3.05, 3.63) is 53.0 Å². The maximum absolute atomic E-state index is 13.5. The lowest BCUT2D eigenvalue weighted by Crippen LogP contribution is -2.52. The third-order valence-electron chi connectivity index (χ3n) is 8.31. The summed E-state index contributed by atoms with van der Waals surface area (Å²) in [4.78, 5) is 37.1. The van der Waals surface area contributed by atoms with Crippen LogP contribution in [0.4, 0.5) is 5.82 Å². The Hall–Kier alpha value is -3.27. The average molecular weight is 442 g/mol. The van der Waals surface area contributed by atoms with Crippen molar-refractivity contribution in [1.82, 2.24) is 14.9 Å². The second kappa shape index (κ2) is 7.65. The highest BCUT2D eigenvalue weighted by Gasteiger charge is 2.54. The van der Waals surface area contributed by atoms with Gasteiger partial charge in [0.15, 0.2) is 0 Å². The maximum Gasteiger partial charge on any atom is 0.254 e. The summed E-state index contributed by atoms with van der Waals surface area (Å²) in [7, 11) is 0. The molecule has 1 N–H and O–H groups in total. The van der Waals surface area contributed by atoms with Gasteiger partial charge < -0.3 is 10.2 Å². The van der Waals surface area contributed by atoms with Crippen molar-refractivity contribution in [1.29, 1.82) is 5.26 Å². The lowest BCUT2D eigenvalue weighted by Gasteiger charge is -2.55. The summed E-state index contributed by atoms with van der Waals surface area (Å²) in [6.45, 7) is 0.927. The van der Waals surface area contributed by atoms with E-state index in [1.165, 1.54) is 25.6 Å². The first-order valence-electron chi connectivity index (χ1n) is 12.0. The van der Waals surface area contributed by atoms with E-state index in [0.29, 0.717) is 54.2 Å². The zero-order valence-electron chi connectivity index (χ0n) is 18.6. The van der Waals surface area contributed by atoms with Crippen LogP contribution < -0.4 is 5.32 Å². The van der Waals surface area contributed by atoms with Gasteiger partial charge in [-0.3, -0.25) is 9.59 Å². The van der Waals surface area contributed by atoms with Gasteiger partial charge in [0.25, 0.3) is 5.91 Å². The topological polar surface area (TPSA) is 99.0 Å². The minimum Gasteiger partial charge on any atom is -0.332 e. The molecule has 7 heteroatoms. The van der Waals surface area contributed by atoms with Gasteiger partial charge in [0.1, 0.15) is 12.1 Å². The predicted octanol–water partition coefficient (Wildman–Crippen LogP) is 3.70. The van der Waals surface area contributed by atoms with E-state index in [1.807, 2.05) is 0 Å². The van der Waals surface area contributed by atoms with Crippen LogP contribution in [-0.2, 0) is 17.8 Å². The quantitative estimate of drug-likeness (QED) is 0.783. The Morgan fingerprint density at radius 2 is 1.70 bits per heavy atom. The van der Waals surface area contributed by atoms with Crippen LogP contribution in [0.15, 0.2) is 30.6 Å². The second-order valence-corrected chi connectivity index (χ2v) is 10.5. The molecular weight excluding hydrogens is 414 g/mol. The second-order valence-electron chi connectivity index (χ2n) is 10.5. The molecule has 4 aliphatic carbocycles. The Kier molecular flexibility index (Phi) is 4.72. The first-order chi connectivity index (χ1) is 16.0. The molecular formula is C26H27N5O2. The van der Waals surface area contributed by atoms with Gasteiger partial charge in [0.2, 0.25) is 5.91 Å². The Morgan fingerprint density at radius 1 is 1.03 bits per heavy atom. The van der Waals surface area contributed by atoms with E-state index < -0.39 is 0 Å². The monoisotopic (exact) mass is 441 g/mol. The smallest absolute Gasteiger partial charge is 0.254 e. The number of carbonyl (C=O) groups is 2. The number of nitrogens with one attached hydrogen (secondary N) is 1. The van der Waals surface area contributed by atoms with Gasteiger partial charge in [0.05, 0.1) is 29.3 Å². The first kappa shape index (κ1) is 20.3. The molecule has 7 rings (SSSR count). The maximum atomic E-state index is 13.5. The van der Waals surface area contributed by atoms with Crippen LogP contribution in [0.3, 0.4) is 0 Å². The van der Waals surface area contributed by atoms with Crippen LogP contribution in [0.2, 0.25) is 0 Å². The molecule has 0 spiro atoms. The van der Waals surface area contributed by atoms with Crippen molar-refractivity contribution >= 4 is 17.6 Å². The summed E-state index contributed by atoms with van der Waals surface area (Å²) < 4.78 is 0. The summed E-state index contributed by atoms with van der Waals surface area (Å²) in [5.74, 6) is 2.81. The third kappa shape index (κ3) is 3.49. The summed E-state index contributed by atoms with van der Waals surface area (Å²) in [5.41, 5.74) is 2.60. The number of aromatic nitrogens is 2. The van der Waals surface area contributed by atoms with E-state index in [1.54, 1.807) is 29.2 Å². The summed E-state index contributed by atoms with van der Waals surface area (Å²) in [6.07, 6.45) is 9.06. The van der Waals surface area contributed by atoms with Gasteiger partial charge in [-0.1, -0.05) is 0 Å². The van der Waals surface area contributed by atoms with Crippen LogP contribution in [0, 0.1) is 34.5 Å². The van der Waals surface area contributed by atoms with E-state index in [0.717, 1.165) is 30.5 Å². The number of nitriles is 1. The van der Waals surface area contributed by atoms with Crippen LogP contribution >= 0.6 is 0 Å². The number of hydrogen-bond acceptors (Lipinski definition) is 5. The van der Waals surface area contributed by atoms with Crippen LogP contribution in [0.25, 0.3) is 0 Å². The number of amides is 2. The molecule has 1 aromatic heterocycles. The molecule has 7 nitrogen and oxygen atoms in total. The molecule has 0 radical (unpaired) electrons. The number of rotatable bonds is 3. The third-order valence-corrected chi connectivity index (χ3v) is 8.31. The van der Waals surface area contributed by atoms with Crippen molar-refractivity contribution in [2.75, 3.05) is 11.9 Å². The highest BCUT2D eigenvalue weighted by atomic mass is 16.2. The van der Waals surface area contributed by atoms with E-state index >= 15 is 0 Å². The summed E-state index contributed by atoms with van der Waals surface area (Å²) >= 11 is 0. The molecule has 1 aromatic carbocycles. The van der Waals surface area contributed by atoms with E-state index in [4.69, 9.17) is 5.26 Å².